The summed E-state index contributed by atoms with van der Waals surface area (Å²) in [6.45, 7) is 4.44. The molecule has 0 radical (unpaired) electrons. The molecule has 0 fully saturated rings. The van der Waals surface area contributed by atoms with Crippen molar-refractivity contribution in [1.82, 2.24) is 5.32 Å². The summed E-state index contributed by atoms with van der Waals surface area (Å²) in [5.41, 5.74) is 3.86. The number of amides is 1. The van der Waals surface area contributed by atoms with Crippen molar-refractivity contribution in [2.24, 2.45) is 0 Å². The summed E-state index contributed by atoms with van der Waals surface area (Å²) in [6.07, 6.45) is 0. The topological polar surface area (TPSA) is 42.2 Å². The van der Waals surface area contributed by atoms with E-state index in [2.05, 4.69) is 5.32 Å². The third-order valence-electron chi connectivity index (χ3n) is 3.59. The fourth-order valence-electron chi connectivity index (χ4n) is 2.41. The predicted octanol–water partition coefficient (Wildman–Crippen LogP) is 3.98. The van der Waals surface area contributed by atoms with E-state index in [9.17, 15) is 4.79 Å². The number of aryl methyl sites for hydroxylation is 2. The van der Waals surface area contributed by atoms with Crippen LogP contribution in [0.2, 0.25) is 0 Å². The lowest BCUT2D eigenvalue weighted by molar-refractivity contribution is 0.0924. The van der Waals surface area contributed by atoms with E-state index in [1.807, 2.05) is 62.4 Å². The molecular formula is C18H17NO2. The Hall–Kier alpha value is -2.55. The van der Waals surface area contributed by atoms with E-state index >= 15 is 0 Å². The Labute approximate surface area is 123 Å². The Balaban J connectivity index is 1.83. The minimum Gasteiger partial charge on any atom is -0.451 e. The molecular weight excluding hydrogens is 262 g/mol. The second-order valence-corrected chi connectivity index (χ2v) is 5.22. The normalized spacial score (nSPS) is 10.8. The summed E-state index contributed by atoms with van der Waals surface area (Å²) < 4.78 is 5.69. The quantitative estimate of drug-likeness (QED) is 0.788. The van der Waals surface area contributed by atoms with Gasteiger partial charge in [0.1, 0.15) is 5.58 Å². The second-order valence-electron chi connectivity index (χ2n) is 5.22. The molecule has 0 unspecified atom stereocenters. The van der Waals surface area contributed by atoms with Crippen LogP contribution in [0.4, 0.5) is 0 Å². The summed E-state index contributed by atoms with van der Waals surface area (Å²) in [7, 11) is 0. The smallest absolute Gasteiger partial charge is 0.287 e. The zero-order valence-electron chi connectivity index (χ0n) is 12.1. The molecule has 1 amide bonds. The van der Waals surface area contributed by atoms with E-state index in [0.717, 1.165) is 27.7 Å². The maximum absolute atomic E-state index is 12.3. The van der Waals surface area contributed by atoms with Crippen molar-refractivity contribution >= 4 is 16.9 Å². The van der Waals surface area contributed by atoms with Crippen LogP contribution in [0.1, 0.15) is 27.2 Å². The Kier molecular flexibility index (Phi) is 3.48. The van der Waals surface area contributed by atoms with Gasteiger partial charge in [-0.15, -0.1) is 0 Å². The summed E-state index contributed by atoms with van der Waals surface area (Å²) in [5, 5.41) is 3.90. The largest absolute Gasteiger partial charge is 0.451 e. The highest BCUT2D eigenvalue weighted by molar-refractivity contribution is 5.99. The molecule has 21 heavy (non-hydrogen) atoms. The first-order chi connectivity index (χ1) is 10.1. The molecule has 3 heteroatoms. The molecule has 0 aliphatic carbocycles. The Morgan fingerprint density at radius 2 is 1.86 bits per heavy atom. The van der Waals surface area contributed by atoms with Crippen LogP contribution in [-0.4, -0.2) is 5.91 Å². The van der Waals surface area contributed by atoms with Gasteiger partial charge in [0.15, 0.2) is 5.76 Å². The standard InChI is InChI=1S/C18H17NO2/c1-12-8-9-16-15(10-12)13(2)17(21-16)18(20)19-11-14-6-4-3-5-7-14/h3-10H,11H2,1-2H3,(H,19,20). The fourth-order valence-corrected chi connectivity index (χ4v) is 2.41. The van der Waals surface area contributed by atoms with E-state index in [1.54, 1.807) is 0 Å². The Bertz CT molecular complexity index is 788. The summed E-state index contributed by atoms with van der Waals surface area (Å²) in [5.74, 6) is 0.219. The van der Waals surface area contributed by atoms with Gasteiger partial charge < -0.3 is 9.73 Å². The first-order valence-electron chi connectivity index (χ1n) is 6.97. The third-order valence-corrected chi connectivity index (χ3v) is 3.59. The van der Waals surface area contributed by atoms with Crippen LogP contribution in [0, 0.1) is 13.8 Å². The lowest BCUT2D eigenvalue weighted by Crippen LogP contribution is -2.22. The van der Waals surface area contributed by atoms with Gasteiger partial charge in [0.2, 0.25) is 0 Å². The highest BCUT2D eigenvalue weighted by Gasteiger charge is 2.17. The average molecular weight is 279 g/mol. The van der Waals surface area contributed by atoms with Gasteiger partial charge in [0, 0.05) is 17.5 Å². The van der Waals surface area contributed by atoms with Crippen LogP contribution >= 0.6 is 0 Å². The Morgan fingerprint density at radius 3 is 2.62 bits per heavy atom. The highest BCUT2D eigenvalue weighted by atomic mass is 16.3. The van der Waals surface area contributed by atoms with Crippen molar-refractivity contribution in [3.63, 3.8) is 0 Å². The minimum atomic E-state index is -0.176. The van der Waals surface area contributed by atoms with E-state index < -0.39 is 0 Å². The number of rotatable bonds is 3. The molecule has 0 saturated carbocycles. The first-order valence-corrected chi connectivity index (χ1v) is 6.97. The van der Waals surface area contributed by atoms with Gasteiger partial charge in [-0.05, 0) is 31.5 Å². The highest BCUT2D eigenvalue weighted by Crippen LogP contribution is 2.26. The number of fused-ring (bicyclic) bond motifs is 1. The van der Waals surface area contributed by atoms with Crippen molar-refractivity contribution in [1.29, 1.82) is 0 Å². The molecule has 3 nitrogen and oxygen atoms in total. The Morgan fingerprint density at radius 1 is 1.10 bits per heavy atom. The molecule has 0 saturated heterocycles. The maximum Gasteiger partial charge on any atom is 0.287 e. The molecule has 0 bridgehead atoms. The number of carbonyl (C=O) groups excluding carboxylic acids is 1. The zero-order valence-corrected chi connectivity index (χ0v) is 12.1. The van der Waals surface area contributed by atoms with Gasteiger partial charge in [0.25, 0.3) is 5.91 Å². The van der Waals surface area contributed by atoms with Crippen LogP contribution in [0.25, 0.3) is 11.0 Å². The van der Waals surface area contributed by atoms with Gasteiger partial charge >= 0.3 is 0 Å². The number of hydrogen-bond acceptors (Lipinski definition) is 2. The minimum absolute atomic E-state index is 0.176. The number of benzene rings is 2. The zero-order chi connectivity index (χ0) is 14.8. The fraction of sp³-hybridized carbons (Fsp3) is 0.167. The van der Waals surface area contributed by atoms with Crippen molar-refractivity contribution in [3.8, 4) is 0 Å². The number of carbonyl (C=O) groups is 1. The molecule has 3 rings (SSSR count). The molecule has 1 aromatic heterocycles. The van der Waals surface area contributed by atoms with Gasteiger partial charge in [-0.25, -0.2) is 0 Å². The molecule has 0 aliphatic rings. The molecule has 1 N–H and O–H groups in total. The second kappa shape index (κ2) is 5.44. The SMILES string of the molecule is Cc1ccc2oc(C(=O)NCc3ccccc3)c(C)c2c1. The number of hydrogen-bond donors (Lipinski definition) is 1. The van der Waals surface area contributed by atoms with Crippen LogP contribution in [0.15, 0.2) is 52.9 Å². The molecule has 2 aromatic carbocycles. The molecule has 1 heterocycles. The molecule has 106 valence electrons. The lowest BCUT2D eigenvalue weighted by Gasteiger charge is -2.03. The van der Waals surface area contributed by atoms with Crippen LogP contribution in [0.5, 0.6) is 0 Å². The van der Waals surface area contributed by atoms with Crippen molar-refractivity contribution in [2.45, 2.75) is 20.4 Å². The predicted molar refractivity (Wildman–Crippen MR) is 83.3 cm³/mol. The number of furan rings is 1. The van der Waals surface area contributed by atoms with Crippen molar-refractivity contribution < 1.29 is 9.21 Å². The maximum atomic E-state index is 12.3. The van der Waals surface area contributed by atoms with Crippen molar-refractivity contribution in [2.75, 3.05) is 0 Å². The summed E-state index contributed by atoms with van der Waals surface area (Å²) >= 11 is 0. The molecule has 0 spiro atoms. The monoisotopic (exact) mass is 279 g/mol. The summed E-state index contributed by atoms with van der Waals surface area (Å²) in [6, 6.07) is 15.8. The molecule has 0 aliphatic heterocycles. The lowest BCUT2D eigenvalue weighted by atomic mass is 10.1. The van der Waals surface area contributed by atoms with E-state index in [-0.39, 0.29) is 5.91 Å². The summed E-state index contributed by atoms with van der Waals surface area (Å²) in [4.78, 5) is 12.3. The van der Waals surface area contributed by atoms with Crippen LogP contribution in [0.3, 0.4) is 0 Å². The van der Waals surface area contributed by atoms with Crippen LogP contribution < -0.4 is 5.32 Å². The van der Waals surface area contributed by atoms with Crippen LogP contribution in [-0.2, 0) is 6.54 Å². The van der Waals surface area contributed by atoms with Crippen molar-refractivity contribution in [3.05, 3.63) is 71.0 Å². The van der Waals surface area contributed by atoms with E-state index in [1.165, 1.54) is 0 Å². The van der Waals surface area contributed by atoms with Gasteiger partial charge in [-0.3, -0.25) is 4.79 Å². The van der Waals surface area contributed by atoms with Gasteiger partial charge in [-0.2, -0.15) is 0 Å². The molecule has 0 atom stereocenters. The van der Waals surface area contributed by atoms with E-state index in [0.29, 0.717) is 12.3 Å². The number of nitrogens with one attached hydrogen (secondary N) is 1. The molecule has 3 aromatic rings. The van der Waals surface area contributed by atoms with Gasteiger partial charge in [0.05, 0.1) is 0 Å². The third kappa shape index (κ3) is 2.68. The average Bonchev–Trinajstić information content (AvgIpc) is 2.83. The van der Waals surface area contributed by atoms with E-state index in [4.69, 9.17) is 4.42 Å². The first kappa shape index (κ1) is 13.4. The van der Waals surface area contributed by atoms with Gasteiger partial charge in [-0.1, -0.05) is 42.0 Å².